The number of ether oxygens (including phenoxy) is 3. The van der Waals surface area contributed by atoms with Crippen LogP contribution in [0.15, 0.2) is 65.7 Å². The zero-order chi connectivity index (χ0) is 32.9. The lowest BCUT2D eigenvalue weighted by Crippen LogP contribution is -2.48. The van der Waals surface area contributed by atoms with Gasteiger partial charge in [0.2, 0.25) is 5.96 Å². The molecule has 1 saturated heterocycles. The molecule has 1 N–H and O–H groups in total. The highest BCUT2D eigenvalue weighted by molar-refractivity contribution is 5.99. The van der Waals surface area contributed by atoms with E-state index in [0.29, 0.717) is 25.6 Å². The first-order valence-corrected chi connectivity index (χ1v) is 16.3. The van der Waals surface area contributed by atoms with E-state index in [1.165, 1.54) is 21.9 Å². The van der Waals surface area contributed by atoms with Crippen LogP contribution in [-0.2, 0) is 29.0 Å². The number of amides is 2. The number of rotatable bonds is 5. The molecular formula is C37H48N4O5. The van der Waals surface area contributed by atoms with Crippen molar-refractivity contribution in [1.29, 1.82) is 0 Å². The van der Waals surface area contributed by atoms with Crippen LogP contribution in [0.5, 0.6) is 5.75 Å². The standard InChI is InChI=1S/C37H48N4O5/c1-36(2,3)45-34(42)38-33(39-35(43)46-37(4,5)6)41-20-17-29-13-14-32(22-31(29)24-41)44-25-26-15-18-40(19-16-26)23-27-11-12-28-9-7-8-10-30(28)21-27/h7-14,21-22,26H,15-20,23-25H2,1-6H3,(H,38,39,42,43). The summed E-state index contributed by atoms with van der Waals surface area (Å²) in [5, 5.41) is 5.25. The molecule has 2 aliphatic rings. The fourth-order valence-corrected chi connectivity index (χ4v) is 5.87. The van der Waals surface area contributed by atoms with Crippen molar-refractivity contribution in [1.82, 2.24) is 15.1 Å². The minimum Gasteiger partial charge on any atom is -0.493 e. The van der Waals surface area contributed by atoms with E-state index >= 15 is 0 Å². The molecule has 9 heteroatoms. The van der Waals surface area contributed by atoms with Crippen molar-refractivity contribution in [3.8, 4) is 5.75 Å². The lowest BCUT2D eigenvalue weighted by atomic mass is 9.97. The third-order valence-electron chi connectivity index (χ3n) is 8.11. The first-order valence-electron chi connectivity index (χ1n) is 16.3. The van der Waals surface area contributed by atoms with Crippen molar-refractivity contribution in [3.05, 3.63) is 77.4 Å². The topological polar surface area (TPSA) is 92.7 Å². The molecule has 0 bridgehead atoms. The zero-order valence-corrected chi connectivity index (χ0v) is 28.1. The first-order chi connectivity index (χ1) is 21.8. The molecule has 2 heterocycles. The van der Waals surface area contributed by atoms with Gasteiger partial charge in [0.25, 0.3) is 0 Å². The van der Waals surface area contributed by atoms with Gasteiger partial charge in [-0.1, -0.05) is 42.5 Å². The summed E-state index contributed by atoms with van der Waals surface area (Å²) in [6.45, 7) is 15.5. The molecule has 0 aliphatic carbocycles. The third-order valence-corrected chi connectivity index (χ3v) is 8.11. The van der Waals surface area contributed by atoms with E-state index in [4.69, 9.17) is 14.2 Å². The van der Waals surface area contributed by atoms with Gasteiger partial charge in [-0.2, -0.15) is 0 Å². The normalized spacial score (nSPS) is 16.6. The quantitative estimate of drug-likeness (QED) is 0.234. The molecule has 0 spiro atoms. The number of benzene rings is 3. The number of guanidine groups is 1. The van der Waals surface area contributed by atoms with Gasteiger partial charge in [-0.15, -0.1) is 4.99 Å². The van der Waals surface area contributed by atoms with Crippen molar-refractivity contribution in [2.75, 3.05) is 26.2 Å². The highest BCUT2D eigenvalue weighted by Gasteiger charge is 2.26. The first kappa shape index (κ1) is 33.3. The van der Waals surface area contributed by atoms with Crippen LogP contribution in [0.1, 0.15) is 71.1 Å². The molecule has 0 atom stereocenters. The number of carbonyl (C=O) groups excluding carboxylic acids is 2. The summed E-state index contributed by atoms with van der Waals surface area (Å²) in [5.41, 5.74) is 2.22. The van der Waals surface area contributed by atoms with E-state index in [0.717, 1.165) is 50.2 Å². The van der Waals surface area contributed by atoms with E-state index in [9.17, 15) is 9.59 Å². The molecule has 3 aromatic rings. The summed E-state index contributed by atoms with van der Waals surface area (Å²) in [6.07, 6.45) is 1.49. The summed E-state index contributed by atoms with van der Waals surface area (Å²) in [7, 11) is 0. The number of piperidine rings is 1. The summed E-state index contributed by atoms with van der Waals surface area (Å²) < 4.78 is 17.2. The molecule has 0 aromatic heterocycles. The number of fused-ring (bicyclic) bond motifs is 2. The summed E-state index contributed by atoms with van der Waals surface area (Å²) >= 11 is 0. The van der Waals surface area contributed by atoms with Gasteiger partial charge in [0.1, 0.15) is 17.0 Å². The third kappa shape index (κ3) is 9.69. The Kier molecular flexibility index (Phi) is 10.2. The Bertz CT molecular complexity index is 1560. The van der Waals surface area contributed by atoms with Gasteiger partial charge in [0.05, 0.1) is 6.61 Å². The molecule has 2 aliphatic heterocycles. The second kappa shape index (κ2) is 14.1. The predicted octanol–water partition coefficient (Wildman–Crippen LogP) is 7.30. The van der Waals surface area contributed by atoms with Crippen LogP contribution in [0.2, 0.25) is 0 Å². The molecule has 3 aromatic carbocycles. The van der Waals surface area contributed by atoms with Crippen molar-refractivity contribution in [3.63, 3.8) is 0 Å². The van der Waals surface area contributed by atoms with Gasteiger partial charge >= 0.3 is 12.2 Å². The monoisotopic (exact) mass is 628 g/mol. The van der Waals surface area contributed by atoms with Gasteiger partial charge in [-0.05, 0) is 125 Å². The predicted molar refractivity (Wildman–Crippen MR) is 181 cm³/mol. The number of nitrogens with one attached hydrogen (secondary N) is 1. The zero-order valence-electron chi connectivity index (χ0n) is 28.1. The molecule has 0 radical (unpaired) electrons. The van der Waals surface area contributed by atoms with Crippen molar-refractivity contribution in [2.24, 2.45) is 10.9 Å². The maximum absolute atomic E-state index is 12.7. The van der Waals surface area contributed by atoms with Crippen LogP contribution < -0.4 is 10.1 Å². The molecule has 9 nitrogen and oxygen atoms in total. The number of hydrogen-bond acceptors (Lipinski definition) is 6. The molecule has 246 valence electrons. The highest BCUT2D eigenvalue weighted by atomic mass is 16.6. The van der Waals surface area contributed by atoms with Gasteiger partial charge < -0.3 is 19.1 Å². The van der Waals surface area contributed by atoms with Crippen LogP contribution in [0.3, 0.4) is 0 Å². The van der Waals surface area contributed by atoms with Crippen molar-refractivity contribution < 1.29 is 23.8 Å². The fraction of sp³-hybridized carbons (Fsp3) is 0.486. The molecule has 0 saturated carbocycles. The molecule has 2 amide bonds. The molecule has 0 unspecified atom stereocenters. The number of alkyl carbamates (subject to hydrolysis) is 1. The van der Waals surface area contributed by atoms with E-state index in [1.54, 1.807) is 41.5 Å². The average Bonchev–Trinajstić information content (AvgIpc) is 2.98. The van der Waals surface area contributed by atoms with Gasteiger partial charge in [0, 0.05) is 19.6 Å². The molecule has 46 heavy (non-hydrogen) atoms. The minimum atomic E-state index is -0.773. The lowest BCUT2D eigenvalue weighted by Gasteiger charge is -2.33. The highest BCUT2D eigenvalue weighted by Crippen LogP contribution is 2.27. The fourth-order valence-electron chi connectivity index (χ4n) is 5.87. The largest absolute Gasteiger partial charge is 0.493 e. The van der Waals surface area contributed by atoms with E-state index in [-0.39, 0.29) is 5.96 Å². The number of nitrogens with zero attached hydrogens (tertiary/aromatic N) is 3. The summed E-state index contributed by atoms with van der Waals surface area (Å²) in [6, 6.07) is 21.5. The van der Waals surface area contributed by atoms with Crippen LogP contribution in [-0.4, -0.2) is 65.4 Å². The SMILES string of the molecule is CC(C)(C)OC(=O)N=C(NC(=O)OC(C)(C)C)N1CCc2ccc(OCC3CCN(Cc4ccc5ccccc5c4)CC3)cc2C1. The van der Waals surface area contributed by atoms with Crippen LogP contribution in [0.25, 0.3) is 10.8 Å². The number of likely N-dealkylation sites (tertiary alicyclic amines) is 1. The van der Waals surface area contributed by atoms with Gasteiger partial charge in [0.15, 0.2) is 0 Å². The van der Waals surface area contributed by atoms with Crippen LogP contribution >= 0.6 is 0 Å². The number of aliphatic imine (C=N–C) groups is 1. The Morgan fingerprint density at radius 3 is 2.28 bits per heavy atom. The van der Waals surface area contributed by atoms with E-state index in [2.05, 4.69) is 69.8 Å². The average molecular weight is 629 g/mol. The Balaban J connectivity index is 1.17. The Labute approximate surface area is 272 Å². The van der Waals surface area contributed by atoms with E-state index < -0.39 is 23.4 Å². The maximum Gasteiger partial charge on any atom is 0.437 e. The van der Waals surface area contributed by atoms with Gasteiger partial charge in [-0.3, -0.25) is 10.2 Å². The lowest BCUT2D eigenvalue weighted by molar-refractivity contribution is 0.0553. The number of hydrogen-bond donors (Lipinski definition) is 1. The van der Waals surface area contributed by atoms with Gasteiger partial charge in [-0.25, -0.2) is 9.59 Å². The Hall–Kier alpha value is -4.11. The van der Waals surface area contributed by atoms with E-state index in [1.807, 2.05) is 11.0 Å². The summed E-state index contributed by atoms with van der Waals surface area (Å²) in [5.74, 6) is 1.44. The molecule has 1 fully saturated rings. The molecular weight excluding hydrogens is 580 g/mol. The smallest absolute Gasteiger partial charge is 0.437 e. The second-order valence-corrected chi connectivity index (χ2v) is 14.4. The molecule has 5 rings (SSSR count). The maximum atomic E-state index is 12.7. The number of carbonyl (C=O) groups is 2. The summed E-state index contributed by atoms with van der Waals surface area (Å²) in [4.78, 5) is 33.8. The van der Waals surface area contributed by atoms with Crippen LogP contribution in [0.4, 0.5) is 9.59 Å². The Morgan fingerprint density at radius 1 is 0.848 bits per heavy atom. The van der Waals surface area contributed by atoms with Crippen molar-refractivity contribution >= 4 is 28.9 Å². The second-order valence-electron chi connectivity index (χ2n) is 14.4. The minimum absolute atomic E-state index is 0.107. The van der Waals surface area contributed by atoms with Crippen molar-refractivity contribution in [2.45, 2.75) is 85.1 Å². The van der Waals surface area contributed by atoms with Crippen LogP contribution in [0, 0.1) is 5.92 Å². The Morgan fingerprint density at radius 2 is 1.57 bits per heavy atom.